The van der Waals surface area contributed by atoms with Crippen molar-refractivity contribution in [3.05, 3.63) is 45.3 Å². The third-order valence-electron chi connectivity index (χ3n) is 5.14. The molecule has 1 amide bonds. The van der Waals surface area contributed by atoms with E-state index >= 15 is 0 Å². The van der Waals surface area contributed by atoms with Crippen LogP contribution in [0.4, 0.5) is 0 Å². The number of carbonyl (C=O) groups excluding carboxylic acids is 2. The lowest BCUT2D eigenvalue weighted by Crippen LogP contribution is -2.20. The first-order valence-electron chi connectivity index (χ1n) is 8.95. The Morgan fingerprint density at radius 3 is 2.73 bits per heavy atom. The summed E-state index contributed by atoms with van der Waals surface area (Å²) in [6.07, 6.45) is 4.89. The maximum Gasteiger partial charge on any atom is 0.267 e. The number of methoxy groups -OCH3 is 1. The van der Waals surface area contributed by atoms with Crippen LogP contribution in [-0.2, 0) is 30.6 Å². The minimum absolute atomic E-state index is 0.303. The fourth-order valence-corrected chi connectivity index (χ4v) is 4.08. The lowest BCUT2D eigenvalue weighted by atomic mass is 9.93. The molecule has 0 bridgehead atoms. The maximum atomic E-state index is 12.1. The number of carbonyl (C=O) groups is 2. The summed E-state index contributed by atoms with van der Waals surface area (Å²) in [4.78, 5) is 22.8. The van der Waals surface area contributed by atoms with Crippen LogP contribution < -0.4 is 10.5 Å². The molecule has 6 heteroatoms. The number of amides is 1. The largest absolute Gasteiger partial charge is 0.496 e. The summed E-state index contributed by atoms with van der Waals surface area (Å²) in [6, 6.07) is 2.15. The number of aromatic nitrogens is 2. The fraction of sp³-hybridized carbons (Fsp3) is 0.450. The molecule has 0 atom stereocenters. The summed E-state index contributed by atoms with van der Waals surface area (Å²) in [5.74, 6) is 0.475. The Balaban J connectivity index is 2.06. The zero-order valence-corrected chi connectivity index (χ0v) is 15.6. The summed E-state index contributed by atoms with van der Waals surface area (Å²) in [5.41, 5.74) is 12.6. The second-order valence-corrected chi connectivity index (χ2v) is 6.83. The van der Waals surface area contributed by atoms with Crippen LogP contribution in [0.25, 0.3) is 0 Å². The Kier molecular flexibility index (Phi) is 5.11. The van der Waals surface area contributed by atoms with Gasteiger partial charge in [0.05, 0.1) is 12.8 Å². The van der Waals surface area contributed by atoms with Crippen molar-refractivity contribution in [2.24, 2.45) is 5.73 Å². The Hall–Kier alpha value is -2.63. The van der Waals surface area contributed by atoms with Gasteiger partial charge in [0.15, 0.2) is 0 Å². The highest BCUT2D eigenvalue weighted by molar-refractivity contribution is 5.93. The van der Waals surface area contributed by atoms with Gasteiger partial charge in [0.25, 0.3) is 5.91 Å². The highest BCUT2D eigenvalue weighted by Gasteiger charge is 2.25. The molecule has 0 fully saturated rings. The first-order valence-corrected chi connectivity index (χ1v) is 8.95. The predicted molar refractivity (Wildman–Crippen MR) is 98.7 cm³/mol. The molecule has 1 aliphatic carbocycles. The minimum atomic E-state index is -0.506. The smallest absolute Gasteiger partial charge is 0.267 e. The zero-order chi connectivity index (χ0) is 18.8. The number of hydrogen-bond donors (Lipinski definition) is 1. The van der Waals surface area contributed by atoms with Crippen molar-refractivity contribution in [1.29, 1.82) is 0 Å². The van der Waals surface area contributed by atoms with Crippen LogP contribution in [0.3, 0.4) is 0 Å². The molecule has 3 rings (SSSR count). The molecular weight excluding hydrogens is 330 g/mol. The summed E-state index contributed by atoms with van der Waals surface area (Å²) in [5, 5.41) is 4.45. The van der Waals surface area contributed by atoms with E-state index in [0.29, 0.717) is 25.1 Å². The van der Waals surface area contributed by atoms with E-state index in [-0.39, 0.29) is 0 Å². The molecule has 0 spiro atoms. The second kappa shape index (κ2) is 7.32. The first-order chi connectivity index (χ1) is 12.5. The molecule has 26 heavy (non-hydrogen) atoms. The standard InChI is InChI=1S/C20H25N3O3/c1-12-10-14(15-6-4-7-16(15)19(12)26-3)11-17-13(2)22-23(8-5-9-24)18(17)20(21)25/h9-10H,4-8,11H2,1-3H3,(H2,21,25). The highest BCUT2D eigenvalue weighted by Crippen LogP contribution is 2.37. The molecule has 0 saturated carbocycles. The van der Waals surface area contributed by atoms with Gasteiger partial charge >= 0.3 is 0 Å². The predicted octanol–water partition coefficient (Wildman–Crippen LogP) is 2.28. The SMILES string of the molecule is COc1c(C)cc(Cc2c(C)nn(CCC=O)c2C(N)=O)c2c1CCC2. The van der Waals surface area contributed by atoms with Crippen LogP contribution in [0.5, 0.6) is 5.75 Å². The van der Waals surface area contributed by atoms with E-state index < -0.39 is 5.91 Å². The molecule has 1 aromatic heterocycles. The van der Waals surface area contributed by atoms with Gasteiger partial charge in [-0.3, -0.25) is 9.48 Å². The minimum Gasteiger partial charge on any atom is -0.496 e. The number of hydrogen-bond acceptors (Lipinski definition) is 4. The molecule has 0 unspecified atom stereocenters. The lowest BCUT2D eigenvalue weighted by Gasteiger charge is -2.16. The van der Waals surface area contributed by atoms with E-state index in [1.165, 1.54) is 16.7 Å². The van der Waals surface area contributed by atoms with E-state index in [1.54, 1.807) is 11.8 Å². The number of ether oxygens (including phenoxy) is 1. The number of rotatable bonds is 7. The van der Waals surface area contributed by atoms with Gasteiger partial charge in [0.1, 0.15) is 17.7 Å². The second-order valence-electron chi connectivity index (χ2n) is 6.83. The summed E-state index contributed by atoms with van der Waals surface area (Å²) in [7, 11) is 1.72. The number of nitrogens with two attached hydrogens (primary N) is 1. The highest BCUT2D eigenvalue weighted by atomic mass is 16.5. The molecule has 2 aromatic rings. The van der Waals surface area contributed by atoms with Crippen molar-refractivity contribution in [2.75, 3.05) is 7.11 Å². The Morgan fingerprint density at radius 1 is 1.35 bits per heavy atom. The Bertz CT molecular complexity index is 868. The quantitative estimate of drug-likeness (QED) is 0.772. The van der Waals surface area contributed by atoms with Crippen molar-refractivity contribution in [2.45, 2.75) is 52.5 Å². The maximum absolute atomic E-state index is 12.1. The van der Waals surface area contributed by atoms with Gasteiger partial charge in [-0.2, -0.15) is 5.10 Å². The van der Waals surface area contributed by atoms with Gasteiger partial charge < -0.3 is 15.3 Å². The normalized spacial score (nSPS) is 12.9. The van der Waals surface area contributed by atoms with Crippen molar-refractivity contribution < 1.29 is 14.3 Å². The van der Waals surface area contributed by atoms with Crippen LogP contribution in [0.2, 0.25) is 0 Å². The summed E-state index contributed by atoms with van der Waals surface area (Å²) < 4.78 is 7.17. The van der Waals surface area contributed by atoms with Gasteiger partial charge in [-0.1, -0.05) is 6.07 Å². The van der Waals surface area contributed by atoms with E-state index in [2.05, 4.69) is 18.1 Å². The van der Waals surface area contributed by atoms with Crippen molar-refractivity contribution >= 4 is 12.2 Å². The topological polar surface area (TPSA) is 87.2 Å². The summed E-state index contributed by atoms with van der Waals surface area (Å²) in [6.45, 7) is 4.30. The average molecular weight is 355 g/mol. The van der Waals surface area contributed by atoms with Gasteiger partial charge in [-0.15, -0.1) is 0 Å². The van der Waals surface area contributed by atoms with Crippen molar-refractivity contribution in [3.8, 4) is 5.75 Å². The molecule has 0 radical (unpaired) electrons. The fourth-order valence-electron chi connectivity index (χ4n) is 4.08. The van der Waals surface area contributed by atoms with Gasteiger partial charge in [-0.05, 0) is 55.4 Å². The number of fused-ring (bicyclic) bond motifs is 1. The number of benzene rings is 1. The molecule has 1 heterocycles. The van der Waals surface area contributed by atoms with Gasteiger partial charge in [-0.25, -0.2) is 0 Å². The van der Waals surface area contributed by atoms with Crippen LogP contribution >= 0.6 is 0 Å². The van der Waals surface area contributed by atoms with Crippen molar-refractivity contribution in [3.63, 3.8) is 0 Å². The number of nitrogens with zero attached hydrogens (tertiary/aromatic N) is 2. The van der Waals surface area contributed by atoms with Gasteiger partial charge in [0, 0.05) is 24.9 Å². The van der Waals surface area contributed by atoms with Crippen molar-refractivity contribution in [1.82, 2.24) is 9.78 Å². The number of aryl methyl sites for hydroxylation is 3. The third-order valence-corrected chi connectivity index (χ3v) is 5.14. The monoisotopic (exact) mass is 355 g/mol. The van der Waals surface area contributed by atoms with Crippen LogP contribution in [0, 0.1) is 13.8 Å². The molecule has 138 valence electrons. The van der Waals surface area contributed by atoms with E-state index in [1.807, 2.05) is 6.92 Å². The lowest BCUT2D eigenvalue weighted by molar-refractivity contribution is -0.108. The number of aldehydes is 1. The zero-order valence-electron chi connectivity index (χ0n) is 15.6. The Morgan fingerprint density at radius 2 is 2.08 bits per heavy atom. The van der Waals surface area contributed by atoms with E-state index in [4.69, 9.17) is 10.5 Å². The molecular formula is C20H25N3O3. The molecule has 2 N–H and O–H groups in total. The van der Waals surface area contributed by atoms with Crippen LogP contribution in [-0.4, -0.2) is 29.1 Å². The van der Waals surface area contributed by atoms with Crippen LogP contribution in [0.15, 0.2) is 6.07 Å². The average Bonchev–Trinajstić information content (AvgIpc) is 3.18. The molecule has 6 nitrogen and oxygen atoms in total. The number of primary amides is 1. The Labute approximate surface area is 153 Å². The van der Waals surface area contributed by atoms with Gasteiger partial charge in [0.2, 0.25) is 0 Å². The molecule has 1 aromatic carbocycles. The molecule has 0 aliphatic heterocycles. The van der Waals surface area contributed by atoms with E-state index in [9.17, 15) is 9.59 Å². The van der Waals surface area contributed by atoms with E-state index in [0.717, 1.165) is 48.1 Å². The third kappa shape index (κ3) is 3.11. The first kappa shape index (κ1) is 18.2. The molecule has 0 saturated heterocycles. The molecule has 1 aliphatic rings. The summed E-state index contributed by atoms with van der Waals surface area (Å²) >= 11 is 0. The van der Waals surface area contributed by atoms with Crippen LogP contribution in [0.1, 0.15) is 56.8 Å².